The summed E-state index contributed by atoms with van der Waals surface area (Å²) in [7, 11) is 0. The van der Waals surface area contributed by atoms with Crippen molar-refractivity contribution in [2.45, 2.75) is 38.3 Å². The molecule has 0 bridgehead atoms. The predicted octanol–water partition coefficient (Wildman–Crippen LogP) is 1.82. The molecule has 0 saturated carbocycles. The number of nitrogens with one attached hydrogen (secondary N) is 1. The lowest BCUT2D eigenvalue weighted by Gasteiger charge is -2.10. The Morgan fingerprint density at radius 3 is 3.45 bits per heavy atom. The van der Waals surface area contributed by atoms with Gasteiger partial charge in [0, 0.05) is 0 Å². The molecule has 2 rings (SSSR count). The molecule has 0 spiro atoms. The summed E-state index contributed by atoms with van der Waals surface area (Å²) in [6.45, 7) is 2.19. The van der Waals surface area contributed by atoms with Crippen LogP contribution in [-0.2, 0) is 0 Å². The Bertz CT molecular complexity index is 207. The van der Waals surface area contributed by atoms with Crippen molar-refractivity contribution in [2.24, 2.45) is 10.3 Å². The maximum atomic E-state index is 4.13. The number of hydrogen-bond acceptors (Lipinski definition) is 3. The maximum Gasteiger partial charge on any atom is 0.0953 e. The van der Waals surface area contributed by atoms with Gasteiger partial charge in [0.2, 0.25) is 0 Å². The van der Waals surface area contributed by atoms with Gasteiger partial charge in [0.15, 0.2) is 0 Å². The average Bonchev–Trinajstić information content (AvgIpc) is 2.38. The molecule has 3 heteroatoms. The Labute approximate surface area is 66.6 Å². The van der Waals surface area contributed by atoms with E-state index in [1.807, 2.05) is 0 Å². The van der Waals surface area contributed by atoms with Gasteiger partial charge in [-0.05, 0) is 26.2 Å². The van der Waals surface area contributed by atoms with Crippen LogP contribution >= 0.6 is 0 Å². The number of fused-ring (bicyclic) bond motifs is 1. The largest absolute Gasteiger partial charge is 0.286 e. The summed E-state index contributed by atoms with van der Waals surface area (Å²) in [5.41, 5.74) is 4.53. The van der Waals surface area contributed by atoms with Crippen LogP contribution in [0.25, 0.3) is 0 Å². The van der Waals surface area contributed by atoms with E-state index in [1.165, 1.54) is 12.0 Å². The first-order valence-corrected chi connectivity index (χ1v) is 4.17. The van der Waals surface area contributed by atoms with E-state index in [1.54, 1.807) is 0 Å². The molecule has 1 aliphatic carbocycles. The molecule has 0 aromatic heterocycles. The molecule has 0 aromatic carbocycles. The normalized spacial score (nSPS) is 35.5. The van der Waals surface area contributed by atoms with Gasteiger partial charge in [-0.15, -0.1) is 0 Å². The highest BCUT2D eigenvalue weighted by atomic mass is 15.5. The van der Waals surface area contributed by atoms with Crippen LogP contribution in [0, 0.1) is 0 Å². The van der Waals surface area contributed by atoms with Gasteiger partial charge in [-0.25, -0.2) is 0 Å². The predicted molar refractivity (Wildman–Crippen MR) is 43.2 cm³/mol. The Morgan fingerprint density at radius 1 is 1.64 bits per heavy atom. The van der Waals surface area contributed by atoms with Gasteiger partial charge in [-0.2, -0.15) is 5.11 Å². The minimum atomic E-state index is 0.434. The second-order valence-corrected chi connectivity index (χ2v) is 3.34. The van der Waals surface area contributed by atoms with E-state index < -0.39 is 0 Å². The van der Waals surface area contributed by atoms with Crippen molar-refractivity contribution in [2.75, 3.05) is 0 Å². The van der Waals surface area contributed by atoms with Crippen molar-refractivity contribution in [3.63, 3.8) is 0 Å². The van der Waals surface area contributed by atoms with E-state index in [0.717, 1.165) is 12.8 Å². The maximum absolute atomic E-state index is 4.13. The summed E-state index contributed by atoms with van der Waals surface area (Å²) in [6, 6.07) is 0.913. The van der Waals surface area contributed by atoms with Crippen molar-refractivity contribution in [1.29, 1.82) is 0 Å². The summed E-state index contributed by atoms with van der Waals surface area (Å²) >= 11 is 0. The zero-order valence-electron chi connectivity index (χ0n) is 6.75. The van der Waals surface area contributed by atoms with Crippen LogP contribution in [0.15, 0.2) is 22.0 Å². The van der Waals surface area contributed by atoms with E-state index in [0.29, 0.717) is 12.1 Å². The van der Waals surface area contributed by atoms with Gasteiger partial charge >= 0.3 is 0 Å². The molecule has 0 aromatic rings. The van der Waals surface area contributed by atoms with E-state index in [-0.39, 0.29) is 0 Å². The van der Waals surface area contributed by atoms with Gasteiger partial charge in [0.25, 0.3) is 0 Å². The molecule has 2 unspecified atom stereocenters. The molecule has 0 fully saturated rings. The van der Waals surface area contributed by atoms with E-state index >= 15 is 0 Å². The van der Waals surface area contributed by atoms with E-state index in [9.17, 15) is 0 Å². The van der Waals surface area contributed by atoms with E-state index in [4.69, 9.17) is 0 Å². The van der Waals surface area contributed by atoms with Crippen molar-refractivity contribution >= 4 is 0 Å². The third kappa shape index (κ3) is 1.27. The van der Waals surface area contributed by atoms with Crippen LogP contribution < -0.4 is 5.43 Å². The molecular formula is C8H13N3. The topological polar surface area (TPSA) is 36.8 Å². The Hall–Kier alpha value is -0.860. The van der Waals surface area contributed by atoms with Crippen LogP contribution in [0.4, 0.5) is 0 Å². The fraction of sp³-hybridized carbons (Fsp3) is 0.750. The van der Waals surface area contributed by atoms with Crippen LogP contribution in [0.3, 0.4) is 0 Å². The Kier molecular flexibility index (Phi) is 1.64. The average molecular weight is 151 g/mol. The molecule has 0 amide bonds. The van der Waals surface area contributed by atoms with Gasteiger partial charge in [-0.3, -0.25) is 5.43 Å². The van der Waals surface area contributed by atoms with Gasteiger partial charge in [0.05, 0.1) is 12.1 Å². The summed E-state index contributed by atoms with van der Waals surface area (Å²) in [4.78, 5) is 0. The zero-order chi connectivity index (χ0) is 7.68. The van der Waals surface area contributed by atoms with Crippen molar-refractivity contribution in [3.05, 3.63) is 11.6 Å². The molecule has 11 heavy (non-hydrogen) atoms. The monoisotopic (exact) mass is 151 g/mol. The molecule has 3 nitrogen and oxygen atoms in total. The lowest BCUT2D eigenvalue weighted by molar-refractivity contribution is 0.501. The minimum absolute atomic E-state index is 0.434. The Morgan fingerprint density at radius 2 is 2.55 bits per heavy atom. The van der Waals surface area contributed by atoms with Gasteiger partial charge in [0.1, 0.15) is 0 Å². The third-order valence-electron chi connectivity index (χ3n) is 2.45. The molecule has 0 saturated heterocycles. The second kappa shape index (κ2) is 2.64. The molecule has 1 N–H and O–H groups in total. The van der Waals surface area contributed by atoms with Crippen LogP contribution in [-0.4, -0.2) is 12.1 Å². The highest BCUT2D eigenvalue weighted by molar-refractivity contribution is 5.06. The van der Waals surface area contributed by atoms with Crippen molar-refractivity contribution in [3.8, 4) is 0 Å². The minimum Gasteiger partial charge on any atom is -0.286 e. The van der Waals surface area contributed by atoms with Gasteiger partial charge in [-0.1, -0.05) is 16.9 Å². The highest BCUT2D eigenvalue weighted by Crippen LogP contribution is 2.23. The Balaban J connectivity index is 2.07. The third-order valence-corrected chi connectivity index (χ3v) is 2.45. The number of hydrogen-bond donors (Lipinski definition) is 1. The first-order valence-electron chi connectivity index (χ1n) is 4.17. The first-order chi connectivity index (χ1) is 5.36. The molecule has 2 atom stereocenters. The SMILES string of the molecule is CC1=CCC2NN=NC2CC1. The second-order valence-electron chi connectivity index (χ2n) is 3.34. The molecule has 1 aliphatic heterocycles. The number of rotatable bonds is 0. The lowest BCUT2D eigenvalue weighted by atomic mass is 10.1. The molecule has 2 aliphatic rings. The van der Waals surface area contributed by atoms with Gasteiger partial charge < -0.3 is 0 Å². The van der Waals surface area contributed by atoms with E-state index in [2.05, 4.69) is 28.8 Å². The number of allylic oxidation sites excluding steroid dienone is 1. The smallest absolute Gasteiger partial charge is 0.0953 e. The summed E-state index contributed by atoms with van der Waals surface area (Å²) < 4.78 is 0. The fourth-order valence-electron chi connectivity index (χ4n) is 1.62. The fourth-order valence-corrected chi connectivity index (χ4v) is 1.62. The highest BCUT2D eigenvalue weighted by Gasteiger charge is 2.25. The van der Waals surface area contributed by atoms with Crippen LogP contribution in [0.5, 0.6) is 0 Å². The van der Waals surface area contributed by atoms with Crippen molar-refractivity contribution in [1.82, 2.24) is 5.43 Å². The van der Waals surface area contributed by atoms with Crippen molar-refractivity contribution < 1.29 is 0 Å². The van der Waals surface area contributed by atoms with Crippen LogP contribution in [0.1, 0.15) is 26.2 Å². The zero-order valence-corrected chi connectivity index (χ0v) is 6.75. The molecule has 0 radical (unpaired) electrons. The first kappa shape index (κ1) is 6.83. The lowest BCUT2D eigenvalue weighted by Crippen LogP contribution is -2.28. The summed E-state index contributed by atoms with van der Waals surface area (Å²) in [6.07, 6.45) is 5.73. The standard InChI is InChI=1S/C8H13N3/c1-6-2-4-7-8(5-3-6)10-11-9-7/h2,7-8H,3-5H2,1H3,(H,9,10). The summed E-state index contributed by atoms with van der Waals surface area (Å²) in [5, 5.41) is 7.97. The quantitative estimate of drug-likeness (QED) is 0.527. The summed E-state index contributed by atoms with van der Waals surface area (Å²) in [5.74, 6) is 0. The molecule has 1 heterocycles. The van der Waals surface area contributed by atoms with Crippen LogP contribution in [0.2, 0.25) is 0 Å². The molecule has 60 valence electrons. The molecular weight excluding hydrogens is 138 g/mol. The number of nitrogens with zero attached hydrogens (tertiary/aromatic N) is 2.